The summed E-state index contributed by atoms with van der Waals surface area (Å²) in [4.78, 5) is 9.01. The van der Waals surface area contributed by atoms with Crippen LogP contribution in [-0.4, -0.2) is 9.97 Å². The van der Waals surface area contributed by atoms with E-state index in [1.54, 1.807) is 0 Å². The normalized spacial score (nSPS) is 22.9. The van der Waals surface area contributed by atoms with Gasteiger partial charge in [-0.15, -0.1) is 0 Å². The van der Waals surface area contributed by atoms with Crippen LogP contribution in [0.5, 0.6) is 0 Å². The first kappa shape index (κ1) is 10.9. The number of nitrogens with zero attached hydrogens (tertiary/aromatic N) is 2. The van der Waals surface area contributed by atoms with Crippen molar-refractivity contribution in [2.24, 2.45) is 5.41 Å². The second-order valence-corrected chi connectivity index (χ2v) is 5.40. The minimum atomic E-state index is 0.365. The van der Waals surface area contributed by atoms with Gasteiger partial charge in [-0.1, -0.05) is 32.4 Å². The summed E-state index contributed by atoms with van der Waals surface area (Å²) in [6.45, 7) is 8.59. The Bertz CT molecular complexity index is 399. The Balaban J connectivity index is 2.39. The molecular formula is C12H17ClN2. The van der Waals surface area contributed by atoms with E-state index in [9.17, 15) is 0 Å². The summed E-state index contributed by atoms with van der Waals surface area (Å²) in [5, 5.41) is 0.625. The SMILES string of the molecule is CCc1nc(C2CC2(C)C)nc(Cl)c1C. The van der Waals surface area contributed by atoms with Crippen LogP contribution >= 0.6 is 11.6 Å². The molecule has 1 saturated carbocycles. The van der Waals surface area contributed by atoms with Crippen LogP contribution in [0, 0.1) is 12.3 Å². The molecule has 15 heavy (non-hydrogen) atoms. The summed E-state index contributed by atoms with van der Waals surface area (Å²) in [5.74, 6) is 1.44. The molecule has 2 rings (SSSR count). The second kappa shape index (κ2) is 3.44. The fourth-order valence-electron chi connectivity index (χ4n) is 1.96. The van der Waals surface area contributed by atoms with E-state index < -0.39 is 0 Å². The van der Waals surface area contributed by atoms with Gasteiger partial charge in [0.2, 0.25) is 0 Å². The van der Waals surface area contributed by atoms with Crippen LogP contribution in [0.4, 0.5) is 0 Å². The molecule has 3 heteroatoms. The van der Waals surface area contributed by atoms with Gasteiger partial charge in [-0.2, -0.15) is 0 Å². The van der Waals surface area contributed by atoms with Crippen LogP contribution in [0.2, 0.25) is 5.15 Å². The van der Waals surface area contributed by atoms with Crippen LogP contribution in [0.3, 0.4) is 0 Å². The average molecular weight is 225 g/mol. The van der Waals surface area contributed by atoms with E-state index >= 15 is 0 Å². The van der Waals surface area contributed by atoms with Gasteiger partial charge >= 0.3 is 0 Å². The van der Waals surface area contributed by atoms with E-state index in [1.165, 1.54) is 6.42 Å². The second-order valence-electron chi connectivity index (χ2n) is 5.04. The molecule has 1 aliphatic carbocycles. The summed E-state index contributed by atoms with van der Waals surface area (Å²) in [6, 6.07) is 0. The van der Waals surface area contributed by atoms with Crippen LogP contribution < -0.4 is 0 Å². The van der Waals surface area contributed by atoms with Crippen LogP contribution in [0.25, 0.3) is 0 Å². The highest BCUT2D eigenvalue weighted by molar-refractivity contribution is 6.30. The number of aromatic nitrogens is 2. The first-order valence-electron chi connectivity index (χ1n) is 5.48. The maximum atomic E-state index is 6.11. The minimum absolute atomic E-state index is 0.365. The van der Waals surface area contributed by atoms with Crippen molar-refractivity contribution >= 4 is 11.6 Å². The largest absolute Gasteiger partial charge is 0.237 e. The minimum Gasteiger partial charge on any atom is -0.237 e. The van der Waals surface area contributed by atoms with Crippen molar-refractivity contribution in [1.29, 1.82) is 0 Å². The highest BCUT2D eigenvalue weighted by Gasteiger charge is 2.48. The van der Waals surface area contributed by atoms with Crippen molar-refractivity contribution in [2.75, 3.05) is 0 Å². The van der Waals surface area contributed by atoms with Crippen molar-refractivity contribution in [2.45, 2.75) is 46.5 Å². The third-order valence-corrected chi connectivity index (χ3v) is 3.73. The Morgan fingerprint density at radius 3 is 2.47 bits per heavy atom. The first-order valence-corrected chi connectivity index (χ1v) is 5.86. The summed E-state index contributed by atoms with van der Waals surface area (Å²) in [5.41, 5.74) is 2.48. The number of aryl methyl sites for hydroxylation is 1. The van der Waals surface area contributed by atoms with E-state index in [-0.39, 0.29) is 0 Å². The molecule has 1 heterocycles. The van der Waals surface area contributed by atoms with E-state index in [0.29, 0.717) is 16.5 Å². The fourth-order valence-corrected chi connectivity index (χ4v) is 2.15. The molecule has 82 valence electrons. The molecule has 0 bridgehead atoms. The molecular weight excluding hydrogens is 208 g/mol. The molecule has 0 spiro atoms. The maximum Gasteiger partial charge on any atom is 0.135 e. The lowest BCUT2D eigenvalue weighted by Crippen LogP contribution is -2.03. The molecule has 1 aliphatic rings. The standard InChI is InChI=1S/C12H17ClN2/c1-5-9-7(2)10(13)15-11(14-9)8-6-12(8,3)4/h8H,5-6H2,1-4H3. The molecule has 0 aliphatic heterocycles. The van der Waals surface area contributed by atoms with Crippen LogP contribution in [0.15, 0.2) is 0 Å². The van der Waals surface area contributed by atoms with Crippen LogP contribution in [0.1, 0.15) is 50.2 Å². The quantitative estimate of drug-likeness (QED) is 0.719. The zero-order valence-corrected chi connectivity index (χ0v) is 10.5. The van der Waals surface area contributed by atoms with Gasteiger partial charge in [0.25, 0.3) is 0 Å². The lowest BCUT2D eigenvalue weighted by atomic mass is 10.1. The fraction of sp³-hybridized carbons (Fsp3) is 0.667. The number of hydrogen-bond donors (Lipinski definition) is 0. The smallest absolute Gasteiger partial charge is 0.135 e. The van der Waals surface area contributed by atoms with E-state index in [2.05, 4.69) is 30.7 Å². The molecule has 1 aromatic heterocycles. The van der Waals surface area contributed by atoms with Crippen molar-refractivity contribution in [3.05, 3.63) is 22.2 Å². The Kier molecular flexibility index (Phi) is 2.50. The first-order chi connectivity index (χ1) is 6.95. The molecule has 1 fully saturated rings. The van der Waals surface area contributed by atoms with Crippen LogP contribution in [-0.2, 0) is 6.42 Å². The molecule has 2 nitrogen and oxygen atoms in total. The third kappa shape index (κ3) is 1.87. The predicted octanol–water partition coefficient (Wildman–Crippen LogP) is 3.51. The molecule has 0 saturated heterocycles. The molecule has 1 unspecified atom stereocenters. The lowest BCUT2D eigenvalue weighted by Gasteiger charge is -2.08. The van der Waals surface area contributed by atoms with Gasteiger partial charge in [-0.25, -0.2) is 9.97 Å². The third-order valence-electron chi connectivity index (χ3n) is 3.36. The summed E-state index contributed by atoms with van der Waals surface area (Å²) in [7, 11) is 0. The Morgan fingerprint density at radius 1 is 1.40 bits per heavy atom. The van der Waals surface area contributed by atoms with Gasteiger partial charge in [-0.05, 0) is 25.2 Å². The van der Waals surface area contributed by atoms with Crippen molar-refractivity contribution < 1.29 is 0 Å². The zero-order chi connectivity index (χ0) is 11.2. The molecule has 0 aromatic carbocycles. The number of hydrogen-bond acceptors (Lipinski definition) is 2. The molecule has 1 aromatic rings. The Morgan fingerprint density at radius 2 is 2.00 bits per heavy atom. The zero-order valence-electron chi connectivity index (χ0n) is 9.76. The van der Waals surface area contributed by atoms with Gasteiger partial charge in [0, 0.05) is 17.2 Å². The van der Waals surface area contributed by atoms with E-state index in [0.717, 1.165) is 23.5 Å². The molecule has 0 radical (unpaired) electrons. The van der Waals surface area contributed by atoms with E-state index in [1.807, 2.05) is 6.92 Å². The van der Waals surface area contributed by atoms with Gasteiger partial charge in [0.05, 0.1) is 0 Å². The number of halogens is 1. The topological polar surface area (TPSA) is 25.8 Å². The van der Waals surface area contributed by atoms with E-state index in [4.69, 9.17) is 11.6 Å². The molecule has 0 amide bonds. The number of rotatable bonds is 2. The van der Waals surface area contributed by atoms with Crippen molar-refractivity contribution in [1.82, 2.24) is 9.97 Å². The van der Waals surface area contributed by atoms with Gasteiger partial charge in [0.1, 0.15) is 11.0 Å². The Labute approximate surface area is 96.1 Å². The van der Waals surface area contributed by atoms with Crippen molar-refractivity contribution in [3.8, 4) is 0 Å². The monoisotopic (exact) mass is 224 g/mol. The lowest BCUT2D eigenvalue weighted by molar-refractivity contribution is 0.606. The Hall–Kier alpha value is -0.630. The van der Waals surface area contributed by atoms with Gasteiger partial charge in [0.15, 0.2) is 0 Å². The van der Waals surface area contributed by atoms with Gasteiger partial charge < -0.3 is 0 Å². The molecule has 0 N–H and O–H groups in total. The average Bonchev–Trinajstić information content (AvgIpc) is 2.80. The summed E-state index contributed by atoms with van der Waals surface area (Å²) < 4.78 is 0. The highest BCUT2D eigenvalue weighted by Crippen LogP contribution is 2.57. The highest BCUT2D eigenvalue weighted by atomic mass is 35.5. The molecule has 1 atom stereocenters. The summed E-state index contributed by atoms with van der Waals surface area (Å²) >= 11 is 6.11. The maximum absolute atomic E-state index is 6.11. The van der Waals surface area contributed by atoms with Crippen molar-refractivity contribution in [3.63, 3.8) is 0 Å². The van der Waals surface area contributed by atoms with Gasteiger partial charge in [-0.3, -0.25) is 0 Å². The predicted molar refractivity (Wildman–Crippen MR) is 62.3 cm³/mol. The summed E-state index contributed by atoms with van der Waals surface area (Å²) in [6.07, 6.45) is 2.10.